The van der Waals surface area contributed by atoms with E-state index < -0.39 is 0 Å². The topological polar surface area (TPSA) is 48.1 Å². The molecule has 15 heavy (non-hydrogen) atoms. The Morgan fingerprint density at radius 3 is 2.80 bits per heavy atom. The Labute approximate surface area is 91.7 Å². The molecule has 0 radical (unpaired) electrons. The number of aryl methyl sites for hydroxylation is 2. The van der Waals surface area contributed by atoms with Crippen molar-refractivity contribution in [2.24, 2.45) is 5.73 Å². The Kier molecular flexibility index (Phi) is 5.12. The van der Waals surface area contributed by atoms with E-state index in [1.807, 2.05) is 19.1 Å². The van der Waals surface area contributed by atoms with E-state index in [0.717, 1.165) is 49.6 Å². The molecule has 0 aliphatic rings. The first-order chi connectivity index (χ1) is 7.26. The zero-order valence-corrected chi connectivity index (χ0v) is 9.62. The zero-order chi connectivity index (χ0) is 11.1. The fraction of sp³-hybridized carbons (Fsp3) is 0.583. The van der Waals surface area contributed by atoms with E-state index in [-0.39, 0.29) is 0 Å². The number of nitrogens with two attached hydrogens (primary N) is 1. The van der Waals surface area contributed by atoms with Crippen LogP contribution in [0.1, 0.15) is 31.2 Å². The van der Waals surface area contributed by atoms with Gasteiger partial charge in [-0.2, -0.15) is 0 Å². The molecule has 2 N–H and O–H groups in total. The van der Waals surface area contributed by atoms with Crippen LogP contribution in [0.2, 0.25) is 0 Å². The lowest BCUT2D eigenvalue weighted by Crippen LogP contribution is -2.04. The molecule has 0 aliphatic heterocycles. The van der Waals surface area contributed by atoms with E-state index in [4.69, 9.17) is 10.5 Å². The maximum Gasteiger partial charge on any atom is 0.122 e. The molecule has 0 amide bonds. The van der Waals surface area contributed by atoms with Crippen molar-refractivity contribution < 1.29 is 4.74 Å². The Morgan fingerprint density at radius 1 is 1.33 bits per heavy atom. The molecule has 0 spiro atoms. The van der Waals surface area contributed by atoms with Gasteiger partial charge in [-0.1, -0.05) is 6.92 Å². The van der Waals surface area contributed by atoms with Crippen molar-refractivity contribution in [3.8, 4) is 5.75 Å². The van der Waals surface area contributed by atoms with Crippen LogP contribution < -0.4 is 10.5 Å². The van der Waals surface area contributed by atoms with E-state index in [2.05, 4.69) is 11.9 Å². The summed E-state index contributed by atoms with van der Waals surface area (Å²) in [6, 6.07) is 3.98. The fourth-order valence-electron chi connectivity index (χ4n) is 1.40. The molecule has 1 aromatic rings. The molecule has 0 bridgehead atoms. The minimum atomic E-state index is 0.735. The lowest BCUT2D eigenvalue weighted by Gasteiger charge is -2.08. The van der Waals surface area contributed by atoms with Crippen LogP contribution in [-0.4, -0.2) is 18.1 Å². The predicted octanol–water partition coefficient (Wildman–Crippen LogP) is 2.07. The molecule has 0 fully saturated rings. The Balaban J connectivity index is 2.49. The molecule has 3 nitrogen and oxygen atoms in total. The average molecular weight is 208 g/mol. The quantitative estimate of drug-likeness (QED) is 0.728. The maximum atomic E-state index is 5.64. The number of pyridine rings is 1. The summed E-state index contributed by atoms with van der Waals surface area (Å²) in [6.45, 7) is 5.56. The third-order valence-corrected chi connectivity index (χ3v) is 2.21. The van der Waals surface area contributed by atoms with Crippen LogP contribution in [0.5, 0.6) is 5.75 Å². The molecule has 0 unspecified atom stereocenters. The van der Waals surface area contributed by atoms with Gasteiger partial charge in [-0.25, -0.2) is 0 Å². The monoisotopic (exact) mass is 208 g/mol. The van der Waals surface area contributed by atoms with Crippen molar-refractivity contribution >= 4 is 0 Å². The van der Waals surface area contributed by atoms with Gasteiger partial charge in [-0.05, 0) is 32.7 Å². The van der Waals surface area contributed by atoms with Crippen LogP contribution in [0, 0.1) is 6.92 Å². The van der Waals surface area contributed by atoms with Crippen molar-refractivity contribution in [2.45, 2.75) is 33.1 Å². The Morgan fingerprint density at radius 2 is 2.13 bits per heavy atom. The van der Waals surface area contributed by atoms with E-state index in [1.165, 1.54) is 0 Å². The number of unbranched alkanes of at least 4 members (excludes halogenated alkanes) is 1. The van der Waals surface area contributed by atoms with Gasteiger partial charge in [0.25, 0.3) is 0 Å². The highest BCUT2D eigenvalue weighted by atomic mass is 16.5. The van der Waals surface area contributed by atoms with Crippen LogP contribution in [0.4, 0.5) is 0 Å². The fourth-order valence-corrected chi connectivity index (χ4v) is 1.40. The van der Waals surface area contributed by atoms with E-state index in [1.54, 1.807) is 0 Å². The molecule has 0 aliphatic carbocycles. The summed E-state index contributed by atoms with van der Waals surface area (Å²) in [5.41, 5.74) is 7.52. The van der Waals surface area contributed by atoms with E-state index >= 15 is 0 Å². The third kappa shape index (κ3) is 4.30. The van der Waals surface area contributed by atoms with E-state index in [0.29, 0.717) is 0 Å². The summed E-state index contributed by atoms with van der Waals surface area (Å²) >= 11 is 0. The minimum Gasteiger partial charge on any atom is -0.493 e. The molecule has 3 heteroatoms. The van der Waals surface area contributed by atoms with Crippen LogP contribution in [-0.2, 0) is 6.42 Å². The lowest BCUT2D eigenvalue weighted by molar-refractivity contribution is 0.307. The van der Waals surface area contributed by atoms with Gasteiger partial charge in [0, 0.05) is 23.5 Å². The first-order valence-electron chi connectivity index (χ1n) is 5.56. The summed E-state index contributed by atoms with van der Waals surface area (Å²) in [5.74, 6) is 0.927. The first-order valence-corrected chi connectivity index (χ1v) is 5.56. The number of hydrogen-bond acceptors (Lipinski definition) is 3. The summed E-state index contributed by atoms with van der Waals surface area (Å²) in [5, 5.41) is 0. The minimum absolute atomic E-state index is 0.735. The van der Waals surface area contributed by atoms with Crippen molar-refractivity contribution in [3.05, 3.63) is 23.5 Å². The van der Waals surface area contributed by atoms with Gasteiger partial charge in [0.05, 0.1) is 6.61 Å². The normalized spacial score (nSPS) is 10.3. The van der Waals surface area contributed by atoms with Crippen molar-refractivity contribution in [3.63, 3.8) is 0 Å². The lowest BCUT2D eigenvalue weighted by atomic mass is 10.2. The van der Waals surface area contributed by atoms with Crippen molar-refractivity contribution in [1.29, 1.82) is 0 Å². The van der Waals surface area contributed by atoms with Gasteiger partial charge in [0.1, 0.15) is 5.75 Å². The first kappa shape index (κ1) is 12.0. The number of rotatable bonds is 6. The highest BCUT2D eigenvalue weighted by Gasteiger charge is 1.99. The van der Waals surface area contributed by atoms with Crippen LogP contribution in [0.25, 0.3) is 0 Å². The molecular weight excluding hydrogens is 188 g/mol. The maximum absolute atomic E-state index is 5.64. The molecule has 0 atom stereocenters. The molecule has 84 valence electrons. The van der Waals surface area contributed by atoms with Crippen molar-refractivity contribution in [2.75, 3.05) is 13.2 Å². The standard InChI is InChI=1S/C12H20N2O/c1-3-11-9-12(8-10(2)14-11)15-7-5-4-6-13/h8-9H,3-7,13H2,1-2H3. The summed E-state index contributed by atoms with van der Waals surface area (Å²) in [6.07, 6.45) is 2.98. The summed E-state index contributed by atoms with van der Waals surface area (Å²) < 4.78 is 5.64. The third-order valence-electron chi connectivity index (χ3n) is 2.21. The van der Waals surface area contributed by atoms with Gasteiger partial charge in [-0.15, -0.1) is 0 Å². The second-order valence-corrected chi connectivity index (χ2v) is 3.63. The van der Waals surface area contributed by atoms with Gasteiger partial charge in [0.2, 0.25) is 0 Å². The molecule has 0 saturated heterocycles. The number of nitrogens with zero attached hydrogens (tertiary/aromatic N) is 1. The molecule has 1 aromatic heterocycles. The number of ether oxygens (including phenoxy) is 1. The largest absolute Gasteiger partial charge is 0.493 e. The predicted molar refractivity (Wildman–Crippen MR) is 62.1 cm³/mol. The SMILES string of the molecule is CCc1cc(OCCCCN)cc(C)n1. The molecule has 0 saturated carbocycles. The zero-order valence-electron chi connectivity index (χ0n) is 9.62. The average Bonchev–Trinajstić information content (AvgIpc) is 2.23. The molecule has 0 aromatic carbocycles. The highest BCUT2D eigenvalue weighted by Crippen LogP contribution is 2.14. The van der Waals surface area contributed by atoms with Gasteiger partial charge >= 0.3 is 0 Å². The van der Waals surface area contributed by atoms with Crippen molar-refractivity contribution in [1.82, 2.24) is 4.98 Å². The smallest absolute Gasteiger partial charge is 0.122 e. The Hall–Kier alpha value is -1.09. The van der Waals surface area contributed by atoms with Crippen LogP contribution in [0.3, 0.4) is 0 Å². The number of hydrogen-bond donors (Lipinski definition) is 1. The van der Waals surface area contributed by atoms with Gasteiger partial charge in [0.15, 0.2) is 0 Å². The molecule has 1 heterocycles. The summed E-state index contributed by atoms with van der Waals surface area (Å²) in [4.78, 5) is 4.40. The van der Waals surface area contributed by atoms with Crippen LogP contribution in [0.15, 0.2) is 12.1 Å². The second kappa shape index (κ2) is 6.40. The molecule has 1 rings (SSSR count). The Bertz CT molecular complexity index is 300. The number of aromatic nitrogens is 1. The second-order valence-electron chi connectivity index (χ2n) is 3.63. The van der Waals surface area contributed by atoms with Gasteiger partial charge in [-0.3, -0.25) is 4.98 Å². The highest BCUT2D eigenvalue weighted by molar-refractivity contribution is 5.26. The van der Waals surface area contributed by atoms with E-state index in [9.17, 15) is 0 Å². The van der Waals surface area contributed by atoms with Crippen LogP contribution >= 0.6 is 0 Å². The summed E-state index contributed by atoms with van der Waals surface area (Å²) in [7, 11) is 0. The molecular formula is C12H20N2O. The van der Waals surface area contributed by atoms with Gasteiger partial charge < -0.3 is 10.5 Å².